The van der Waals surface area contributed by atoms with E-state index in [0.29, 0.717) is 18.5 Å². The Morgan fingerprint density at radius 2 is 2.04 bits per heavy atom. The minimum absolute atomic E-state index is 0.495. The van der Waals surface area contributed by atoms with Crippen molar-refractivity contribution in [2.24, 2.45) is 10.9 Å². The molecule has 0 aliphatic carbocycles. The highest BCUT2D eigenvalue weighted by molar-refractivity contribution is 5.79. The summed E-state index contributed by atoms with van der Waals surface area (Å²) in [7, 11) is 1.79. The molecule has 0 amide bonds. The molecule has 1 aliphatic heterocycles. The third-order valence-electron chi connectivity index (χ3n) is 4.74. The first-order chi connectivity index (χ1) is 11.8. The number of guanidine groups is 1. The number of ether oxygens (including phenoxy) is 1. The molecule has 7 nitrogen and oxygen atoms in total. The molecule has 1 aliphatic rings. The Hall–Kier alpha value is -1.60. The number of nitrogens with one attached hydrogen (secondary N) is 2. The largest absolute Gasteiger partial charge is 0.379 e. The predicted octanol–water partition coefficient (Wildman–Crippen LogP) is 1.48. The number of hydrogen-bond donors (Lipinski definition) is 2. The van der Waals surface area contributed by atoms with Gasteiger partial charge in [-0.25, -0.2) is 0 Å². The topological polar surface area (TPSA) is 74.9 Å². The Bertz CT molecular complexity index is 467. The van der Waals surface area contributed by atoms with Crippen molar-refractivity contribution in [1.29, 1.82) is 0 Å². The number of nitrogens with zero attached hydrogens (tertiary/aromatic N) is 3. The van der Waals surface area contributed by atoms with Gasteiger partial charge < -0.3 is 19.9 Å². The van der Waals surface area contributed by atoms with Gasteiger partial charge >= 0.3 is 0 Å². The van der Waals surface area contributed by atoms with Crippen molar-refractivity contribution in [1.82, 2.24) is 20.7 Å². The minimum Gasteiger partial charge on any atom is -0.379 e. The normalized spacial score (nSPS) is 17.9. The van der Waals surface area contributed by atoms with Crippen molar-refractivity contribution in [2.45, 2.75) is 39.3 Å². The van der Waals surface area contributed by atoms with E-state index in [1.54, 1.807) is 13.3 Å². The molecule has 136 valence electrons. The van der Waals surface area contributed by atoms with E-state index >= 15 is 0 Å². The molecule has 0 spiro atoms. The fraction of sp³-hybridized carbons (Fsp3) is 0.765. The zero-order chi connectivity index (χ0) is 17.2. The summed E-state index contributed by atoms with van der Waals surface area (Å²) in [5.74, 6) is 1.46. The minimum atomic E-state index is 0.495. The maximum atomic E-state index is 5.51. The lowest BCUT2D eigenvalue weighted by atomic mass is 9.92. The van der Waals surface area contributed by atoms with Gasteiger partial charge in [0.05, 0.1) is 19.8 Å². The average molecular weight is 337 g/mol. The van der Waals surface area contributed by atoms with Gasteiger partial charge in [0, 0.05) is 38.8 Å². The van der Waals surface area contributed by atoms with E-state index in [9.17, 15) is 0 Å². The van der Waals surface area contributed by atoms with Crippen LogP contribution in [-0.4, -0.2) is 62.0 Å². The second-order valence-corrected chi connectivity index (χ2v) is 6.09. The first kappa shape index (κ1) is 18.7. The van der Waals surface area contributed by atoms with Crippen molar-refractivity contribution < 1.29 is 9.26 Å². The Morgan fingerprint density at radius 3 is 2.62 bits per heavy atom. The maximum absolute atomic E-state index is 5.51. The molecule has 0 aromatic carbocycles. The number of hydrogen-bond acceptors (Lipinski definition) is 5. The molecule has 1 atom stereocenters. The lowest BCUT2D eigenvalue weighted by molar-refractivity contribution is 0.00272. The van der Waals surface area contributed by atoms with Crippen molar-refractivity contribution in [2.75, 3.05) is 39.9 Å². The average Bonchev–Trinajstić information content (AvgIpc) is 3.15. The monoisotopic (exact) mass is 337 g/mol. The summed E-state index contributed by atoms with van der Waals surface area (Å²) in [4.78, 5) is 6.86. The van der Waals surface area contributed by atoms with E-state index < -0.39 is 0 Å². The maximum Gasteiger partial charge on any atom is 0.191 e. The fourth-order valence-corrected chi connectivity index (χ4v) is 3.26. The molecule has 1 aromatic rings. The van der Waals surface area contributed by atoms with Crippen LogP contribution in [0.25, 0.3) is 0 Å². The smallest absolute Gasteiger partial charge is 0.191 e. The second-order valence-electron chi connectivity index (χ2n) is 6.09. The van der Waals surface area contributed by atoms with Crippen molar-refractivity contribution in [3.8, 4) is 0 Å². The van der Waals surface area contributed by atoms with Crippen LogP contribution in [0.1, 0.15) is 32.4 Å². The summed E-state index contributed by atoms with van der Waals surface area (Å²) < 4.78 is 10.4. The number of aliphatic imine (C=N–C) groups is 1. The number of rotatable bonds is 8. The van der Waals surface area contributed by atoms with E-state index in [-0.39, 0.29) is 0 Å². The lowest BCUT2D eigenvalue weighted by Gasteiger charge is -2.39. The third-order valence-corrected chi connectivity index (χ3v) is 4.74. The Balaban J connectivity index is 1.89. The van der Waals surface area contributed by atoms with Crippen LogP contribution in [0.5, 0.6) is 0 Å². The van der Waals surface area contributed by atoms with Crippen molar-refractivity contribution in [3.63, 3.8) is 0 Å². The zero-order valence-electron chi connectivity index (χ0n) is 15.1. The van der Waals surface area contributed by atoms with Crippen LogP contribution in [0.2, 0.25) is 0 Å². The lowest BCUT2D eigenvalue weighted by Crippen LogP contribution is -2.53. The number of morpholine rings is 1. The predicted molar refractivity (Wildman–Crippen MR) is 95.0 cm³/mol. The third kappa shape index (κ3) is 5.49. The van der Waals surface area contributed by atoms with Crippen molar-refractivity contribution >= 4 is 5.96 Å². The molecule has 1 fully saturated rings. The highest BCUT2D eigenvalue weighted by Crippen LogP contribution is 2.19. The molecule has 1 unspecified atom stereocenters. The molecule has 7 heteroatoms. The summed E-state index contributed by atoms with van der Waals surface area (Å²) in [5, 5.41) is 10.7. The van der Waals surface area contributed by atoms with E-state index in [4.69, 9.17) is 9.26 Å². The second kappa shape index (κ2) is 10.3. The van der Waals surface area contributed by atoms with E-state index in [0.717, 1.165) is 44.5 Å². The van der Waals surface area contributed by atoms with Crippen LogP contribution in [0.3, 0.4) is 0 Å². The van der Waals surface area contributed by atoms with Crippen molar-refractivity contribution in [3.05, 3.63) is 18.0 Å². The van der Waals surface area contributed by atoms with Crippen LogP contribution in [-0.2, 0) is 11.3 Å². The van der Waals surface area contributed by atoms with Gasteiger partial charge in [-0.1, -0.05) is 31.8 Å². The molecule has 1 saturated heterocycles. The van der Waals surface area contributed by atoms with Gasteiger partial charge in [0.15, 0.2) is 5.96 Å². The highest BCUT2D eigenvalue weighted by Gasteiger charge is 2.26. The molecular formula is C17H31N5O2. The quantitative estimate of drug-likeness (QED) is 0.553. The molecule has 0 saturated carbocycles. The van der Waals surface area contributed by atoms with Gasteiger partial charge in [-0.2, -0.15) is 0 Å². The van der Waals surface area contributed by atoms with Gasteiger partial charge in [-0.05, 0) is 5.92 Å². The van der Waals surface area contributed by atoms with E-state index in [1.807, 2.05) is 6.07 Å². The first-order valence-corrected chi connectivity index (χ1v) is 8.94. The first-order valence-electron chi connectivity index (χ1n) is 8.94. The van der Waals surface area contributed by atoms with Gasteiger partial charge in [0.25, 0.3) is 0 Å². The van der Waals surface area contributed by atoms with Gasteiger partial charge in [-0.15, -0.1) is 0 Å². The van der Waals surface area contributed by atoms with Crippen LogP contribution in [0.15, 0.2) is 21.8 Å². The summed E-state index contributed by atoms with van der Waals surface area (Å²) in [6.45, 7) is 9.71. The number of aromatic nitrogens is 1. The standard InChI is InChI=1S/C17H31N5O2/c1-4-14(5-2)16(22-7-10-23-11-8-22)13-20-17(18-3)19-12-15-6-9-24-21-15/h6,9,14,16H,4-5,7-8,10-13H2,1-3H3,(H2,18,19,20). The molecule has 1 aromatic heterocycles. The fourth-order valence-electron chi connectivity index (χ4n) is 3.26. The van der Waals surface area contributed by atoms with Crippen LogP contribution in [0.4, 0.5) is 0 Å². The van der Waals surface area contributed by atoms with Crippen LogP contribution < -0.4 is 10.6 Å². The Kier molecular flexibility index (Phi) is 8.04. The molecule has 2 heterocycles. The molecule has 2 N–H and O–H groups in total. The highest BCUT2D eigenvalue weighted by atomic mass is 16.5. The molecule has 0 bridgehead atoms. The zero-order valence-corrected chi connectivity index (χ0v) is 15.1. The Morgan fingerprint density at radius 1 is 1.29 bits per heavy atom. The van der Waals surface area contributed by atoms with Gasteiger partial charge in [0.1, 0.15) is 12.0 Å². The summed E-state index contributed by atoms with van der Waals surface area (Å²) in [6.07, 6.45) is 3.95. The molecule has 0 radical (unpaired) electrons. The molecule has 24 heavy (non-hydrogen) atoms. The SMILES string of the molecule is CCC(CC)C(CNC(=NC)NCc1ccon1)N1CCOCC1. The summed E-state index contributed by atoms with van der Waals surface area (Å²) in [6, 6.07) is 2.34. The van der Waals surface area contributed by atoms with Gasteiger partial charge in [-0.3, -0.25) is 9.89 Å². The Labute approximate surface area is 144 Å². The molecule has 2 rings (SSSR count). The van der Waals surface area contributed by atoms with E-state index in [1.165, 1.54) is 12.8 Å². The summed E-state index contributed by atoms with van der Waals surface area (Å²) >= 11 is 0. The molecular weight excluding hydrogens is 306 g/mol. The van der Waals surface area contributed by atoms with E-state index in [2.05, 4.69) is 39.5 Å². The van der Waals surface area contributed by atoms with Crippen LogP contribution >= 0.6 is 0 Å². The summed E-state index contributed by atoms with van der Waals surface area (Å²) in [5.41, 5.74) is 0.864. The van der Waals surface area contributed by atoms with Crippen LogP contribution in [0, 0.1) is 5.92 Å². The van der Waals surface area contributed by atoms with Gasteiger partial charge in [0.2, 0.25) is 0 Å².